The molecule has 0 heterocycles. The second-order valence-electron chi connectivity index (χ2n) is 2.29. The lowest BCUT2D eigenvalue weighted by Crippen LogP contribution is -1.93. The molecule has 12 heavy (non-hydrogen) atoms. The molecule has 0 aliphatic heterocycles. The topological polar surface area (TPSA) is 0 Å². The zero-order chi connectivity index (χ0) is 9.14. The Hall–Kier alpha value is 0.0200. The van der Waals surface area contributed by atoms with Crippen LogP contribution in [0.4, 0.5) is 4.39 Å². The first kappa shape index (κ1) is 10.1. The van der Waals surface area contributed by atoms with Crippen molar-refractivity contribution in [3.63, 3.8) is 0 Å². The molecule has 0 amide bonds. The smallest absolute Gasteiger partial charge is 0.140 e. The normalized spacial score (nSPS) is 13.0. The zero-order valence-corrected chi connectivity index (χ0v) is 8.30. The highest BCUT2D eigenvalue weighted by Gasteiger charge is 2.12. The van der Waals surface area contributed by atoms with Crippen LogP contribution in [0.3, 0.4) is 0 Å². The van der Waals surface area contributed by atoms with E-state index in [1.807, 2.05) is 0 Å². The van der Waals surface area contributed by atoms with Gasteiger partial charge in [-0.15, -0.1) is 11.6 Å². The first-order chi connectivity index (χ1) is 5.65. The van der Waals surface area contributed by atoms with Gasteiger partial charge in [0, 0.05) is 15.6 Å². The van der Waals surface area contributed by atoms with Gasteiger partial charge in [-0.3, -0.25) is 0 Å². The maximum atomic E-state index is 13.0. The summed E-state index contributed by atoms with van der Waals surface area (Å²) in [5.74, 6) is -0.111. The third-order valence-corrected chi connectivity index (χ3v) is 2.28. The Morgan fingerprint density at radius 2 is 2.00 bits per heavy atom. The van der Waals surface area contributed by atoms with Gasteiger partial charge < -0.3 is 0 Å². The first-order valence-electron chi connectivity index (χ1n) is 3.30. The summed E-state index contributed by atoms with van der Waals surface area (Å²) in [4.78, 5) is 0. The van der Waals surface area contributed by atoms with Gasteiger partial charge in [-0.05, 0) is 18.2 Å². The fourth-order valence-corrected chi connectivity index (χ4v) is 1.42. The van der Waals surface area contributed by atoms with Crippen LogP contribution in [0.1, 0.15) is 11.7 Å². The molecule has 0 bridgehead atoms. The van der Waals surface area contributed by atoms with Crippen molar-refractivity contribution in [2.45, 2.75) is 6.17 Å². The lowest BCUT2D eigenvalue weighted by atomic mass is 10.1. The minimum Gasteiger partial charge on any atom is -0.241 e. The lowest BCUT2D eigenvalue weighted by Gasteiger charge is -2.06. The molecule has 0 saturated heterocycles. The molecule has 1 rings (SSSR count). The highest BCUT2D eigenvalue weighted by Crippen LogP contribution is 2.29. The molecule has 0 N–H and O–H groups in total. The summed E-state index contributed by atoms with van der Waals surface area (Å²) >= 11 is 16.7. The summed E-state index contributed by atoms with van der Waals surface area (Å²) in [7, 11) is 0. The minimum atomic E-state index is -1.25. The highest BCUT2D eigenvalue weighted by molar-refractivity contribution is 6.33. The van der Waals surface area contributed by atoms with Crippen LogP contribution >= 0.6 is 34.8 Å². The Morgan fingerprint density at radius 1 is 1.33 bits per heavy atom. The van der Waals surface area contributed by atoms with Gasteiger partial charge in [0.1, 0.15) is 6.17 Å². The summed E-state index contributed by atoms with van der Waals surface area (Å²) < 4.78 is 13.0. The first-order valence-corrected chi connectivity index (χ1v) is 4.59. The number of hydrogen-bond acceptors (Lipinski definition) is 0. The minimum absolute atomic E-state index is 0.111. The SMILES string of the molecule is FC(CCl)c1cc(Cl)ccc1Cl. The van der Waals surface area contributed by atoms with Crippen LogP contribution in [0.25, 0.3) is 0 Å². The molecule has 1 aromatic carbocycles. The van der Waals surface area contributed by atoms with E-state index in [1.54, 1.807) is 12.1 Å². The zero-order valence-electron chi connectivity index (χ0n) is 6.03. The third-order valence-electron chi connectivity index (χ3n) is 1.43. The molecule has 0 nitrogen and oxygen atoms in total. The van der Waals surface area contributed by atoms with Crippen molar-refractivity contribution in [3.05, 3.63) is 33.8 Å². The molecule has 0 aliphatic rings. The Labute approximate surface area is 85.2 Å². The van der Waals surface area contributed by atoms with Crippen LogP contribution in [-0.2, 0) is 0 Å². The highest BCUT2D eigenvalue weighted by atomic mass is 35.5. The molecule has 0 spiro atoms. The van der Waals surface area contributed by atoms with Crippen molar-refractivity contribution in [2.24, 2.45) is 0 Å². The second kappa shape index (κ2) is 4.31. The van der Waals surface area contributed by atoms with Crippen molar-refractivity contribution in [1.29, 1.82) is 0 Å². The van der Waals surface area contributed by atoms with Gasteiger partial charge in [0.25, 0.3) is 0 Å². The molecule has 0 fully saturated rings. The average molecular weight is 227 g/mol. The number of alkyl halides is 2. The second-order valence-corrected chi connectivity index (χ2v) is 3.44. The number of hydrogen-bond donors (Lipinski definition) is 0. The molecule has 1 aromatic rings. The maximum absolute atomic E-state index is 13.0. The van der Waals surface area contributed by atoms with Gasteiger partial charge in [0.15, 0.2) is 0 Å². The van der Waals surface area contributed by atoms with Crippen LogP contribution < -0.4 is 0 Å². The summed E-state index contributed by atoms with van der Waals surface area (Å²) in [6.07, 6.45) is -1.25. The molecule has 0 aromatic heterocycles. The average Bonchev–Trinajstić information content (AvgIpc) is 2.08. The monoisotopic (exact) mass is 226 g/mol. The van der Waals surface area contributed by atoms with Gasteiger partial charge in [-0.1, -0.05) is 23.2 Å². The van der Waals surface area contributed by atoms with E-state index in [4.69, 9.17) is 34.8 Å². The Kier molecular flexibility index (Phi) is 3.63. The fraction of sp³-hybridized carbons (Fsp3) is 0.250. The molecular weight excluding hydrogens is 221 g/mol. The van der Waals surface area contributed by atoms with E-state index in [0.717, 1.165) is 0 Å². The number of benzene rings is 1. The Bertz CT molecular complexity index is 275. The van der Waals surface area contributed by atoms with Crippen molar-refractivity contribution in [3.8, 4) is 0 Å². The van der Waals surface area contributed by atoms with Gasteiger partial charge in [-0.2, -0.15) is 0 Å². The molecule has 0 aliphatic carbocycles. The van der Waals surface area contributed by atoms with Crippen molar-refractivity contribution >= 4 is 34.8 Å². The quantitative estimate of drug-likeness (QED) is 0.663. The van der Waals surface area contributed by atoms with Gasteiger partial charge >= 0.3 is 0 Å². The fourth-order valence-electron chi connectivity index (χ4n) is 0.838. The standard InChI is InChI=1S/C8H6Cl3F/c9-4-8(12)6-3-5(10)1-2-7(6)11/h1-3,8H,4H2. The predicted molar refractivity (Wildman–Crippen MR) is 51.0 cm³/mol. The van der Waals surface area contributed by atoms with E-state index in [9.17, 15) is 4.39 Å². The van der Waals surface area contributed by atoms with Crippen LogP contribution in [0.15, 0.2) is 18.2 Å². The van der Waals surface area contributed by atoms with E-state index in [2.05, 4.69) is 0 Å². The summed E-state index contributed by atoms with van der Waals surface area (Å²) in [5.41, 5.74) is 0.346. The molecular formula is C8H6Cl3F. The number of rotatable bonds is 2. The predicted octanol–water partition coefficient (Wildman–Crippen LogP) is 4.24. The van der Waals surface area contributed by atoms with E-state index in [-0.39, 0.29) is 5.88 Å². The van der Waals surface area contributed by atoms with Crippen LogP contribution in [-0.4, -0.2) is 5.88 Å². The van der Waals surface area contributed by atoms with Gasteiger partial charge in [0.2, 0.25) is 0 Å². The molecule has 66 valence electrons. The third kappa shape index (κ3) is 2.25. The molecule has 4 heteroatoms. The Balaban J connectivity index is 3.04. The van der Waals surface area contributed by atoms with Crippen LogP contribution in [0.5, 0.6) is 0 Å². The van der Waals surface area contributed by atoms with Gasteiger partial charge in [-0.25, -0.2) is 4.39 Å². The Morgan fingerprint density at radius 3 is 2.58 bits per heavy atom. The number of halogens is 4. The van der Waals surface area contributed by atoms with Crippen LogP contribution in [0, 0.1) is 0 Å². The van der Waals surface area contributed by atoms with E-state index in [0.29, 0.717) is 15.6 Å². The summed E-state index contributed by atoms with van der Waals surface area (Å²) in [6.45, 7) is 0. The molecule has 1 unspecified atom stereocenters. The molecule has 0 radical (unpaired) electrons. The largest absolute Gasteiger partial charge is 0.241 e. The van der Waals surface area contributed by atoms with E-state index >= 15 is 0 Å². The van der Waals surface area contributed by atoms with E-state index in [1.165, 1.54) is 6.07 Å². The van der Waals surface area contributed by atoms with Crippen molar-refractivity contribution in [1.82, 2.24) is 0 Å². The van der Waals surface area contributed by atoms with Crippen LogP contribution in [0.2, 0.25) is 10.0 Å². The summed E-state index contributed by atoms with van der Waals surface area (Å²) in [6, 6.07) is 4.64. The molecule has 0 saturated carbocycles. The van der Waals surface area contributed by atoms with E-state index < -0.39 is 6.17 Å². The van der Waals surface area contributed by atoms with Gasteiger partial charge in [0.05, 0.1) is 5.88 Å². The van der Waals surface area contributed by atoms with Crippen molar-refractivity contribution in [2.75, 3.05) is 5.88 Å². The maximum Gasteiger partial charge on any atom is 0.140 e. The lowest BCUT2D eigenvalue weighted by molar-refractivity contribution is 0.379. The summed E-state index contributed by atoms with van der Waals surface area (Å²) in [5, 5.41) is 0.815. The van der Waals surface area contributed by atoms with Crippen molar-refractivity contribution < 1.29 is 4.39 Å². The molecule has 1 atom stereocenters.